The first-order valence-corrected chi connectivity index (χ1v) is 4.93. The van der Waals surface area contributed by atoms with E-state index in [2.05, 4.69) is 0 Å². The fourth-order valence-corrected chi connectivity index (χ4v) is 1.39. The Balaban J connectivity index is 2.94. The Kier molecular flexibility index (Phi) is 4.79. The Morgan fingerprint density at radius 1 is 1.25 bits per heavy atom. The van der Waals surface area contributed by atoms with Gasteiger partial charge >= 0.3 is 0 Å². The lowest BCUT2D eigenvalue weighted by Gasteiger charge is -2.09. The van der Waals surface area contributed by atoms with Crippen LogP contribution < -0.4 is 15.2 Å². The molecule has 16 heavy (non-hydrogen) atoms. The van der Waals surface area contributed by atoms with Crippen LogP contribution in [0.5, 0.6) is 11.5 Å². The summed E-state index contributed by atoms with van der Waals surface area (Å²) < 4.78 is 22.6. The average Bonchev–Trinajstić information content (AvgIpc) is 2.35. The van der Waals surface area contributed by atoms with Gasteiger partial charge in [-0.3, -0.25) is 0 Å². The van der Waals surface area contributed by atoms with E-state index in [1.807, 2.05) is 12.1 Å². The van der Waals surface area contributed by atoms with Gasteiger partial charge in [0, 0.05) is 12.6 Å². The summed E-state index contributed by atoms with van der Waals surface area (Å²) >= 11 is 0. The molecular formula is C12H16FNO2. The quantitative estimate of drug-likeness (QED) is 0.834. The third kappa shape index (κ3) is 3.24. The second-order valence-corrected chi connectivity index (χ2v) is 3.37. The number of rotatable bonds is 5. The van der Waals surface area contributed by atoms with E-state index in [0.717, 1.165) is 5.56 Å². The number of ether oxygens (including phenoxy) is 2. The van der Waals surface area contributed by atoms with Crippen molar-refractivity contribution in [2.24, 2.45) is 5.73 Å². The number of hydrogen-bond acceptors (Lipinski definition) is 3. The zero-order valence-electron chi connectivity index (χ0n) is 9.50. The Bertz CT molecular complexity index is 355. The molecule has 2 N–H and O–H groups in total. The lowest BCUT2D eigenvalue weighted by Crippen LogP contribution is -2.05. The van der Waals surface area contributed by atoms with E-state index in [9.17, 15) is 4.39 Å². The first-order valence-electron chi connectivity index (χ1n) is 4.93. The molecule has 0 aromatic heterocycles. The summed E-state index contributed by atoms with van der Waals surface area (Å²) in [5.41, 5.74) is 6.85. The molecule has 1 rings (SSSR count). The number of halogens is 1. The Labute approximate surface area is 94.7 Å². The van der Waals surface area contributed by atoms with E-state index in [-0.39, 0.29) is 6.54 Å². The highest BCUT2D eigenvalue weighted by atomic mass is 19.1. The van der Waals surface area contributed by atoms with Crippen molar-refractivity contribution < 1.29 is 13.9 Å². The third-order valence-electron chi connectivity index (χ3n) is 2.26. The molecule has 0 fully saturated rings. The van der Waals surface area contributed by atoms with Gasteiger partial charge in [0.2, 0.25) is 0 Å². The van der Waals surface area contributed by atoms with Gasteiger partial charge in [0.05, 0.1) is 20.5 Å². The van der Waals surface area contributed by atoms with Crippen LogP contribution in [0.1, 0.15) is 5.56 Å². The molecule has 3 nitrogen and oxygen atoms in total. The number of methoxy groups -OCH3 is 2. The van der Waals surface area contributed by atoms with E-state index in [4.69, 9.17) is 15.2 Å². The molecule has 88 valence electrons. The van der Waals surface area contributed by atoms with Crippen LogP contribution in [-0.2, 0) is 6.42 Å². The molecule has 0 saturated heterocycles. The van der Waals surface area contributed by atoms with Gasteiger partial charge in [-0.15, -0.1) is 0 Å². The van der Waals surface area contributed by atoms with Gasteiger partial charge in [-0.05, 0) is 29.7 Å². The topological polar surface area (TPSA) is 44.5 Å². The first kappa shape index (κ1) is 12.5. The Hall–Kier alpha value is -1.55. The van der Waals surface area contributed by atoms with Crippen LogP contribution in [0.25, 0.3) is 0 Å². The lowest BCUT2D eigenvalue weighted by atomic mass is 10.1. The maximum atomic E-state index is 12.4. The fourth-order valence-electron chi connectivity index (χ4n) is 1.39. The highest BCUT2D eigenvalue weighted by molar-refractivity contribution is 5.40. The average molecular weight is 225 g/mol. The molecule has 0 unspecified atom stereocenters. The van der Waals surface area contributed by atoms with Gasteiger partial charge in [-0.25, -0.2) is 4.39 Å². The molecule has 0 atom stereocenters. The summed E-state index contributed by atoms with van der Waals surface area (Å²) in [6.07, 6.45) is 1.01. The molecule has 0 radical (unpaired) electrons. The second kappa shape index (κ2) is 6.12. The molecule has 0 aliphatic heterocycles. The highest BCUT2D eigenvalue weighted by Crippen LogP contribution is 2.23. The predicted molar refractivity (Wildman–Crippen MR) is 61.5 cm³/mol. The smallest absolute Gasteiger partial charge is 0.122 e. The monoisotopic (exact) mass is 225 g/mol. The normalized spacial score (nSPS) is 11.4. The predicted octanol–water partition coefficient (Wildman–Crippen LogP) is 2.06. The number of hydrogen-bond donors (Lipinski definition) is 1. The van der Waals surface area contributed by atoms with Gasteiger partial charge in [0.25, 0.3) is 0 Å². The minimum atomic E-state index is 0.204. The van der Waals surface area contributed by atoms with Crippen molar-refractivity contribution in [2.45, 2.75) is 6.42 Å². The standard InChI is InChI=1S/C12H16FNO2/c1-15-11-4-9(3-10(7-13)8-14)5-12(6-11)16-2/h4-7H,3,8,14H2,1-2H3. The van der Waals surface area contributed by atoms with E-state index in [0.29, 0.717) is 29.8 Å². The highest BCUT2D eigenvalue weighted by Gasteiger charge is 2.04. The minimum Gasteiger partial charge on any atom is -0.497 e. The molecule has 4 heteroatoms. The summed E-state index contributed by atoms with van der Waals surface area (Å²) in [6.45, 7) is 0.204. The summed E-state index contributed by atoms with van der Waals surface area (Å²) in [5.74, 6) is 1.37. The van der Waals surface area contributed by atoms with Crippen molar-refractivity contribution in [3.63, 3.8) is 0 Å². The molecule has 0 spiro atoms. The number of nitrogens with two attached hydrogens (primary N) is 1. The van der Waals surface area contributed by atoms with Crippen molar-refractivity contribution in [1.82, 2.24) is 0 Å². The van der Waals surface area contributed by atoms with E-state index in [1.54, 1.807) is 20.3 Å². The van der Waals surface area contributed by atoms with Gasteiger partial charge in [0.1, 0.15) is 11.5 Å². The maximum absolute atomic E-state index is 12.4. The molecule has 1 aromatic carbocycles. The van der Waals surface area contributed by atoms with Crippen molar-refractivity contribution >= 4 is 0 Å². The minimum absolute atomic E-state index is 0.204. The zero-order valence-corrected chi connectivity index (χ0v) is 9.50. The molecule has 0 heterocycles. The third-order valence-corrected chi connectivity index (χ3v) is 2.26. The summed E-state index contributed by atoms with van der Waals surface area (Å²) in [4.78, 5) is 0. The molecule has 0 amide bonds. The van der Waals surface area contributed by atoms with Crippen LogP contribution in [0.4, 0.5) is 4.39 Å². The SMILES string of the molecule is COc1cc(CC(=CF)CN)cc(OC)c1. The zero-order chi connectivity index (χ0) is 12.0. The van der Waals surface area contributed by atoms with Gasteiger partial charge < -0.3 is 15.2 Å². The van der Waals surface area contributed by atoms with Crippen LogP contribution in [0, 0.1) is 0 Å². The Morgan fingerprint density at radius 2 is 1.81 bits per heavy atom. The summed E-state index contributed by atoms with van der Waals surface area (Å²) in [5, 5.41) is 0. The van der Waals surface area contributed by atoms with E-state index in [1.165, 1.54) is 0 Å². The van der Waals surface area contributed by atoms with Crippen LogP contribution in [0.2, 0.25) is 0 Å². The van der Waals surface area contributed by atoms with Gasteiger partial charge in [0.15, 0.2) is 0 Å². The maximum Gasteiger partial charge on any atom is 0.122 e. The largest absolute Gasteiger partial charge is 0.497 e. The molecule has 0 saturated carbocycles. The molecule has 0 bridgehead atoms. The second-order valence-electron chi connectivity index (χ2n) is 3.37. The summed E-state index contributed by atoms with van der Waals surface area (Å²) in [6, 6.07) is 5.44. The van der Waals surface area contributed by atoms with Crippen molar-refractivity contribution in [1.29, 1.82) is 0 Å². The van der Waals surface area contributed by atoms with Gasteiger partial charge in [-0.2, -0.15) is 0 Å². The molecular weight excluding hydrogens is 209 g/mol. The first-order chi connectivity index (χ1) is 7.73. The van der Waals surface area contributed by atoms with Crippen LogP contribution in [0.3, 0.4) is 0 Å². The van der Waals surface area contributed by atoms with Crippen LogP contribution >= 0.6 is 0 Å². The van der Waals surface area contributed by atoms with Crippen molar-refractivity contribution in [2.75, 3.05) is 20.8 Å². The molecule has 1 aromatic rings. The molecule has 0 aliphatic carbocycles. The van der Waals surface area contributed by atoms with E-state index < -0.39 is 0 Å². The van der Waals surface area contributed by atoms with Crippen molar-refractivity contribution in [3.05, 3.63) is 35.7 Å². The Morgan fingerprint density at radius 3 is 2.19 bits per heavy atom. The van der Waals surface area contributed by atoms with Crippen LogP contribution in [-0.4, -0.2) is 20.8 Å². The van der Waals surface area contributed by atoms with Crippen molar-refractivity contribution in [3.8, 4) is 11.5 Å². The number of benzene rings is 1. The van der Waals surface area contributed by atoms with E-state index >= 15 is 0 Å². The van der Waals surface area contributed by atoms with Crippen LogP contribution in [0.15, 0.2) is 30.1 Å². The lowest BCUT2D eigenvalue weighted by molar-refractivity contribution is 0.393. The fraction of sp³-hybridized carbons (Fsp3) is 0.333. The van der Waals surface area contributed by atoms with Gasteiger partial charge in [-0.1, -0.05) is 0 Å². The molecule has 0 aliphatic rings. The summed E-state index contributed by atoms with van der Waals surface area (Å²) in [7, 11) is 3.15.